The Morgan fingerprint density at radius 2 is 2.12 bits per heavy atom. The van der Waals surface area contributed by atoms with Gasteiger partial charge in [0.05, 0.1) is 5.56 Å². The topological polar surface area (TPSA) is 70.8 Å². The van der Waals surface area contributed by atoms with Gasteiger partial charge in [-0.2, -0.15) is 5.26 Å². The first kappa shape index (κ1) is 12.8. The molecule has 0 unspecified atom stereocenters. The summed E-state index contributed by atoms with van der Waals surface area (Å²) in [4.78, 5) is 2.73. The maximum absolute atomic E-state index is 12.4. The minimum Gasteiger partial charge on any atom is -0.254 e. The number of alkyl halides is 2. The van der Waals surface area contributed by atoms with Gasteiger partial charge in [0.2, 0.25) is 0 Å². The molecule has 0 radical (unpaired) electrons. The molecule has 8 heteroatoms. The quantitative estimate of drug-likeness (QED) is 0.769. The largest absolute Gasteiger partial charge is 0.280 e. The highest BCUT2D eigenvalue weighted by Gasteiger charge is 2.23. The third kappa shape index (κ3) is 2.28. The van der Waals surface area contributed by atoms with Crippen LogP contribution >= 0.6 is 10.7 Å². The van der Waals surface area contributed by atoms with Crippen LogP contribution in [0.3, 0.4) is 0 Å². The Morgan fingerprint density at radius 1 is 1.56 bits per heavy atom. The van der Waals surface area contributed by atoms with E-state index >= 15 is 0 Å². The van der Waals surface area contributed by atoms with Crippen LogP contribution in [0.5, 0.6) is 0 Å². The zero-order valence-electron chi connectivity index (χ0n) is 7.91. The number of nitriles is 1. The highest BCUT2D eigenvalue weighted by molar-refractivity contribution is 8.13. The smallest absolute Gasteiger partial charge is 0.254 e. The standard InChI is InChI=1S/C8H5ClF2N2O2S/c1-4-5(2-12)6(16(9,14)15)3-13-7(4)8(10)11/h3,8H,1H3. The molecule has 0 aliphatic rings. The lowest BCUT2D eigenvalue weighted by atomic mass is 10.1. The van der Waals surface area contributed by atoms with Crippen LogP contribution in [-0.4, -0.2) is 13.4 Å². The molecule has 0 saturated heterocycles. The number of rotatable bonds is 2. The molecule has 86 valence electrons. The van der Waals surface area contributed by atoms with Gasteiger partial charge in [-0.15, -0.1) is 0 Å². The van der Waals surface area contributed by atoms with E-state index in [1.54, 1.807) is 0 Å². The Morgan fingerprint density at radius 3 is 2.50 bits per heavy atom. The molecule has 1 aromatic heterocycles. The number of aromatic nitrogens is 1. The van der Waals surface area contributed by atoms with E-state index in [1.165, 1.54) is 13.0 Å². The van der Waals surface area contributed by atoms with E-state index in [1.807, 2.05) is 0 Å². The van der Waals surface area contributed by atoms with Gasteiger partial charge in [0, 0.05) is 16.9 Å². The van der Waals surface area contributed by atoms with Crippen molar-refractivity contribution in [2.75, 3.05) is 0 Å². The van der Waals surface area contributed by atoms with Crippen molar-refractivity contribution in [1.29, 1.82) is 5.26 Å². The van der Waals surface area contributed by atoms with Crippen LogP contribution in [-0.2, 0) is 9.05 Å². The van der Waals surface area contributed by atoms with E-state index in [0.717, 1.165) is 0 Å². The van der Waals surface area contributed by atoms with Gasteiger partial charge in [0.15, 0.2) is 0 Å². The minimum absolute atomic E-state index is 0.181. The second-order valence-corrected chi connectivity index (χ2v) is 5.39. The molecule has 0 amide bonds. The number of hydrogen-bond donors (Lipinski definition) is 0. The zero-order valence-corrected chi connectivity index (χ0v) is 9.48. The van der Waals surface area contributed by atoms with Crippen LogP contribution in [0.15, 0.2) is 11.1 Å². The fraction of sp³-hybridized carbons (Fsp3) is 0.250. The zero-order chi connectivity index (χ0) is 12.5. The molecular formula is C8H5ClF2N2O2S. The molecule has 0 spiro atoms. The Bertz CT molecular complexity index is 566. The molecule has 0 fully saturated rings. The molecule has 0 atom stereocenters. The fourth-order valence-corrected chi connectivity index (χ4v) is 2.12. The molecule has 1 aromatic rings. The summed E-state index contributed by atoms with van der Waals surface area (Å²) < 4.78 is 46.9. The summed E-state index contributed by atoms with van der Waals surface area (Å²) in [5.74, 6) is 0. The van der Waals surface area contributed by atoms with Crippen molar-refractivity contribution in [2.24, 2.45) is 0 Å². The van der Waals surface area contributed by atoms with Crippen LogP contribution in [0.1, 0.15) is 23.2 Å². The van der Waals surface area contributed by atoms with E-state index in [2.05, 4.69) is 4.98 Å². The average molecular weight is 267 g/mol. The normalized spacial score (nSPS) is 11.5. The van der Waals surface area contributed by atoms with Crippen LogP contribution in [0.2, 0.25) is 0 Å². The van der Waals surface area contributed by atoms with Crippen molar-refractivity contribution in [3.8, 4) is 6.07 Å². The van der Waals surface area contributed by atoms with Crippen LogP contribution in [0, 0.1) is 18.3 Å². The lowest BCUT2D eigenvalue weighted by Crippen LogP contribution is -2.04. The van der Waals surface area contributed by atoms with Gasteiger partial charge in [-0.05, 0) is 12.5 Å². The van der Waals surface area contributed by atoms with Gasteiger partial charge in [-0.25, -0.2) is 17.2 Å². The minimum atomic E-state index is -4.17. The van der Waals surface area contributed by atoms with Crippen molar-refractivity contribution in [3.63, 3.8) is 0 Å². The molecule has 0 aromatic carbocycles. The van der Waals surface area contributed by atoms with Crippen molar-refractivity contribution in [1.82, 2.24) is 4.98 Å². The van der Waals surface area contributed by atoms with Crippen molar-refractivity contribution in [3.05, 3.63) is 23.0 Å². The average Bonchev–Trinajstić information content (AvgIpc) is 2.15. The second-order valence-electron chi connectivity index (χ2n) is 2.86. The number of hydrogen-bond acceptors (Lipinski definition) is 4. The Kier molecular flexibility index (Phi) is 3.45. The summed E-state index contributed by atoms with van der Waals surface area (Å²) in [6.07, 6.45) is -2.21. The van der Waals surface area contributed by atoms with Crippen molar-refractivity contribution >= 4 is 19.7 Å². The molecule has 0 aliphatic heterocycles. The van der Waals surface area contributed by atoms with Gasteiger partial charge >= 0.3 is 0 Å². The van der Waals surface area contributed by atoms with E-state index in [0.29, 0.717) is 6.20 Å². The van der Waals surface area contributed by atoms with E-state index in [9.17, 15) is 17.2 Å². The summed E-state index contributed by atoms with van der Waals surface area (Å²) in [7, 11) is 0.872. The Balaban J connectivity index is 3.62. The van der Waals surface area contributed by atoms with Crippen molar-refractivity contribution < 1.29 is 17.2 Å². The molecule has 4 nitrogen and oxygen atoms in total. The number of halogens is 3. The molecule has 0 bridgehead atoms. The first-order chi connectivity index (χ1) is 7.29. The first-order valence-electron chi connectivity index (χ1n) is 3.91. The molecule has 0 aliphatic carbocycles. The van der Waals surface area contributed by atoms with Crippen LogP contribution in [0.4, 0.5) is 8.78 Å². The van der Waals surface area contributed by atoms with E-state index in [-0.39, 0.29) is 5.56 Å². The van der Waals surface area contributed by atoms with Gasteiger partial charge in [-0.1, -0.05) is 0 Å². The van der Waals surface area contributed by atoms with Gasteiger partial charge in [0.25, 0.3) is 15.5 Å². The van der Waals surface area contributed by atoms with E-state index < -0.39 is 31.6 Å². The van der Waals surface area contributed by atoms with Gasteiger partial charge < -0.3 is 0 Å². The summed E-state index contributed by atoms with van der Waals surface area (Å²) in [6, 6.07) is 1.53. The number of pyridine rings is 1. The third-order valence-corrected chi connectivity index (χ3v) is 3.24. The molecule has 0 saturated carbocycles. The molecule has 1 rings (SSSR count). The lowest BCUT2D eigenvalue weighted by Gasteiger charge is -2.07. The highest BCUT2D eigenvalue weighted by atomic mass is 35.7. The van der Waals surface area contributed by atoms with Gasteiger partial charge in [-0.3, -0.25) is 4.98 Å². The van der Waals surface area contributed by atoms with E-state index in [4.69, 9.17) is 15.9 Å². The predicted octanol–water partition coefficient (Wildman–Crippen LogP) is 2.13. The molecule has 0 N–H and O–H groups in total. The maximum atomic E-state index is 12.4. The third-order valence-electron chi connectivity index (χ3n) is 1.91. The lowest BCUT2D eigenvalue weighted by molar-refractivity contribution is 0.145. The molecule has 16 heavy (non-hydrogen) atoms. The summed E-state index contributed by atoms with van der Waals surface area (Å²) in [5.41, 5.74) is -1.21. The molecular weight excluding hydrogens is 262 g/mol. The summed E-state index contributed by atoms with van der Waals surface area (Å²) in [6.45, 7) is 1.19. The monoisotopic (exact) mass is 266 g/mol. The van der Waals surface area contributed by atoms with Crippen LogP contribution in [0.25, 0.3) is 0 Å². The predicted molar refractivity (Wildman–Crippen MR) is 51.7 cm³/mol. The fourth-order valence-electron chi connectivity index (χ4n) is 1.15. The molecule has 1 heterocycles. The summed E-state index contributed by atoms with van der Waals surface area (Å²) >= 11 is 0. The van der Waals surface area contributed by atoms with Gasteiger partial charge in [0.1, 0.15) is 16.7 Å². The maximum Gasteiger partial charge on any atom is 0.280 e. The summed E-state index contributed by atoms with van der Waals surface area (Å²) in [5, 5.41) is 8.72. The SMILES string of the molecule is Cc1c(C(F)F)ncc(S(=O)(=O)Cl)c1C#N. The Labute approximate surface area is 94.9 Å². The number of nitrogens with zero attached hydrogens (tertiary/aromatic N) is 2. The van der Waals surface area contributed by atoms with Crippen LogP contribution < -0.4 is 0 Å². The van der Waals surface area contributed by atoms with Crippen molar-refractivity contribution in [2.45, 2.75) is 18.2 Å². The highest BCUT2D eigenvalue weighted by Crippen LogP contribution is 2.27. The Hall–Kier alpha value is -1.26. The second kappa shape index (κ2) is 4.31. The first-order valence-corrected chi connectivity index (χ1v) is 6.22.